The molecule has 0 aliphatic heterocycles. The lowest BCUT2D eigenvalue weighted by molar-refractivity contribution is 0.411. The molecule has 7 nitrogen and oxygen atoms in total. The summed E-state index contributed by atoms with van der Waals surface area (Å²) < 4.78 is 21.0. The minimum atomic E-state index is -0.579. The molecule has 2 aromatic heterocycles. The number of anilines is 1. The number of rotatable bonds is 3. The number of fused-ring (bicyclic) bond motifs is 1. The molecule has 0 saturated heterocycles. The number of methoxy groups -OCH3 is 1. The summed E-state index contributed by atoms with van der Waals surface area (Å²) >= 11 is 1.12. The van der Waals surface area contributed by atoms with Crippen molar-refractivity contribution in [1.29, 1.82) is 0 Å². The van der Waals surface area contributed by atoms with Crippen LogP contribution in [0.15, 0.2) is 41.2 Å². The molecular weight excluding hydrogens is 369 g/mol. The van der Waals surface area contributed by atoms with E-state index in [-0.39, 0.29) is 11.2 Å². The minimum absolute atomic E-state index is 0.0965. The Morgan fingerprint density at radius 1 is 1.26 bits per heavy atom. The van der Waals surface area contributed by atoms with Crippen LogP contribution >= 0.6 is 11.3 Å². The molecule has 0 unspecified atom stereocenters. The van der Waals surface area contributed by atoms with Gasteiger partial charge in [-0.1, -0.05) is 0 Å². The Kier molecular flexibility index (Phi) is 5.31. The van der Waals surface area contributed by atoms with Crippen molar-refractivity contribution in [1.82, 2.24) is 19.5 Å². The first-order valence-electron chi connectivity index (χ1n) is 7.99. The molecule has 0 bridgehead atoms. The van der Waals surface area contributed by atoms with E-state index in [1.165, 1.54) is 42.0 Å². The summed E-state index contributed by atoms with van der Waals surface area (Å²) in [5, 5.41) is 0. The number of halogens is 1. The summed E-state index contributed by atoms with van der Waals surface area (Å²) in [6.07, 6.45) is 2.74. The smallest absolute Gasteiger partial charge is 0.276 e. The van der Waals surface area contributed by atoms with E-state index in [1.807, 2.05) is 25.9 Å². The first-order valence-corrected chi connectivity index (χ1v) is 8.87. The van der Waals surface area contributed by atoms with Gasteiger partial charge in [0.1, 0.15) is 28.9 Å². The second kappa shape index (κ2) is 7.67. The predicted molar refractivity (Wildman–Crippen MR) is 104 cm³/mol. The van der Waals surface area contributed by atoms with Crippen LogP contribution in [0, 0.1) is 12.7 Å². The van der Waals surface area contributed by atoms with Crippen LogP contribution in [0.1, 0.15) is 5.56 Å². The Morgan fingerprint density at radius 2 is 2.04 bits per heavy atom. The summed E-state index contributed by atoms with van der Waals surface area (Å²) in [6.45, 7) is 1.84. The van der Waals surface area contributed by atoms with E-state index in [0.717, 1.165) is 16.9 Å². The van der Waals surface area contributed by atoms with Crippen molar-refractivity contribution in [2.45, 2.75) is 6.92 Å². The number of nitrogens with zero attached hydrogens (tertiary/aromatic N) is 5. The Bertz CT molecular complexity index is 1110. The Hall–Kier alpha value is -3.07. The van der Waals surface area contributed by atoms with E-state index in [0.29, 0.717) is 21.8 Å². The number of benzene rings is 1. The molecule has 0 atom stereocenters. The highest BCUT2D eigenvalue weighted by Crippen LogP contribution is 2.22. The standard InChI is InChI=1S/C18H18FN5O2S/c1-11-15-16(27-10-20-8-21-17(11)23(2)3)18(25)24(9-22-15)14-6-5-12(26-4)7-13(14)19/h5-10H,1-4H3. The third-order valence-corrected chi connectivity index (χ3v) is 4.77. The molecule has 27 heavy (non-hydrogen) atoms. The molecule has 3 rings (SSSR count). The number of hydrogen-bond donors (Lipinski definition) is 0. The van der Waals surface area contributed by atoms with Crippen LogP contribution in [-0.4, -0.2) is 40.7 Å². The maximum Gasteiger partial charge on any atom is 0.276 e. The minimum Gasteiger partial charge on any atom is -0.497 e. The SMILES string of the molecule is COc1ccc(-n2cnc3c(C)c(N(C)C)ncncsc3c2=O)c(F)c1. The second-order valence-corrected chi connectivity index (χ2v) is 6.73. The van der Waals surface area contributed by atoms with Crippen molar-refractivity contribution in [3.8, 4) is 11.4 Å². The van der Waals surface area contributed by atoms with Gasteiger partial charge in [-0.15, -0.1) is 11.3 Å². The van der Waals surface area contributed by atoms with Crippen LogP contribution in [0.3, 0.4) is 0 Å². The summed E-state index contributed by atoms with van der Waals surface area (Å²) in [4.78, 5) is 27.7. The molecule has 2 heterocycles. The highest BCUT2D eigenvalue weighted by molar-refractivity contribution is 7.16. The third-order valence-electron chi connectivity index (χ3n) is 3.94. The monoisotopic (exact) mass is 387 g/mol. The molecule has 0 aliphatic carbocycles. The fraction of sp³-hybridized carbons (Fsp3) is 0.222. The molecule has 0 amide bonds. The number of aromatic nitrogens is 4. The zero-order valence-corrected chi connectivity index (χ0v) is 16.1. The molecule has 0 radical (unpaired) electrons. The summed E-state index contributed by atoms with van der Waals surface area (Å²) in [5.41, 5.74) is 2.43. The van der Waals surface area contributed by atoms with E-state index in [1.54, 1.807) is 6.07 Å². The van der Waals surface area contributed by atoms with Crippen LogP contribution < -0.4 is 15.2 Å². The van der Waals surface area contributed by atoms with Crippen LogP contribution in [0.25, 0.3) is 15.9 Å². The van der Waals surface area contributed by atoms with Gasteiger partial charge in [-0.25, -0.2) is 19.3 Å². The molecule has 0 saturated carbocycles. The van der Waals surface area contributed by atoms with Crippen LogP contribution in [-0.2, 0) is 0 Å². The fourth-order valence-electron chi connectivity index (χ4n) is 2.64. The quantitative estimate of drug-likeness (QED) is 0.688. The Morgan fingerprint density at radius 3 is 2.70 bits per heavy atom. The normalized spacial score (nSPS) is 10.6. The topological polar surface area (TPSA) is 73.1 Å². The Balaban J connectivity index is 2.36. The van der Waals surface area contributed by atoms with Crippen LogP contribution in [0.2, 0.25) is 0 Å². The molecule has 0 spiro atoms. The van der Waals surface area contributed by atoms with Gasteiger partial charge in [0, 0.05) is 25.7 Å². The lowest BCUT2D eigenvalue weighted by Gasteiger charge is -2.13. The summed E-state index contributed by atoms with van der Waals surface area (Å²) in [5.74, 6) is 0.425. The van der Waals surface area contributed by atoms with Gasteiger partial charge in [0.25, 0.3) is 5.56 Å². The Labute approximate surface area is 159 Å². The van der Waals surface area contributed by atoms with E-state index in [2.05, 4.69) is 15.0 Å². The van der Waals surface area contributed by atoms with Gasteiger partial charge in [0.05, 0.1) is 23.8 Å². The zero-order chi connectivity index (χ0) is 19.6. The van der Waals surface area contributed by atoms with Crippen molar-refractivity contribution < 1.29 is 9.13 Å². The number of hydrogen-bond acceptors (Lipinski definition) is 7. The highest BCUT2D eigenvalue weighted by Gasteiger charge is 2.13. The van der Waals surface area contributed by atoms with E-state index in [4.69, 9.17) is 4.74 Å². The van der Waals surface area contributed by atoms with Gasteiger partial charge >= 0.3 is 0 Å². The van der Waals surface area contributed by atoms with Gasteiger partial charge in [0.2, 0.25) is 0 Å². The third kappa shape index (κ3) is 3.59. The van der Waals surface area contributed by atoms with Gasteiger partial charge in [-0.2, -0.15) is 0 Å². The number of aryl methyl sites for hydroxylation is 1. The summed E-state index contributed by atoms with van der Waals surface area (Å²) in [7, 11) is 5.14. The first kappa shape index (κ1) is 18.7. The van der Waals surface area contributed by atoms with Crippen molar-refractivity contribution in [3.63, 3.8) is 0 Å². The van der Waals surface area contributed by atoms with Gasteiger partial charge < -0.3 is 9.64 Å². The fourth-order valence-corrected chi connectivity index (χ4v) is 3.38. The van der Waals surface area contributed by atoms with Crippen molar-refractivity contribution in [2.24, 2.45) is 0 Å². The van der Waals surface area contributed by atoms with E-state index < -0.39 is 5.82 Å². The maximum absolute atomic E-state index is 14.5. The molecule has 0 N–H and O–H groups in total. The van der Waals surface area contributed by atoms with Crippen LogP contribution in [0.4, 0.5) is 10.2 Å². The molecular formula is C18H18FN5O2S. The van der Waals surface area contributed by atoms with E-state index in [9.17, 15) is 9.18 Å². The number of ether oxygens (including phenoxy) is 1. The van der Waals surface area contributed by atoms with Gasteiger partial charge in [-0.3, -0.25) is 9.36 Å². The van der Waals surface area contributed by atoms with Crippen molar-refractivity contribution in [2.75, 3.05) is 26.1 Å². The largest absolute Gasteiger partial charge is 0.497 e. The van der Waals surface area contributed by atoms with Gasteiger partial charge in [-0.05, 0) is 19.1 Å². The molecule has 0 fully saturated rings. The zero-order valence-electron chi connectivity index (χ0n) is 15.3. The van der Waals surface area contributed by atoms with E-state index >= 15 is 0 Å². The van der Waals surface area contributed by atoms with Crippen molar-refractivity contribution >= 4 is 27.4 Å². The maximum atomic E-state index is 14.5. The highest BCUT2D eigenvalue weighted by atomic mass is 32.1. The lowest BCUT2D eigenvalue weighted by Crippen LogP contribution is -2.19. The molecule has 9 heteroatoms. The van der Waals surface area contributed by atoms with Crippen molar-refractivity contribution in [3.05, 3.63) is 58.1 Å². The van der Waals surface area contributed by atoms with Gasteiger partial charge in [0.15, 0.2) is 5.82 Å². The first-order chi connectivity index (χ1) is 12.9. The van der Waals surface area contributed by atoms with Crippen LogP contribution in [0.5, 0.6) is 5.75 Å². The molecule has 0 aliphatic rings. The molecule has 3 aromatic rings. The molecule has 140 valence electrons. The second-order valence-electron chi connectivity index (χ2n) is 5.87. The lowest BCUT2D eigenvalue weighted by atomic mass is 10.2. The molecule has 1 aromatic carbocycles. The predicted octanol–water partition coefficient (Wildman–Crippen LogP) is 2.88. The average Bonchev–Trinajstić information content (AvgIpc) is 2.72. The summed E-state index contributed by atoms with van der Waals surface area (Å²) in [6, 6.07) is 4.29. The average molecular weight is 387 g/mol.